The van der Waals surface area contributed by atoms with Gasteiger partial charge in [-0.2, -0.15) is 10.2 Å². The smallest absolute Gasteiger partial charge is 0.744 e. The van der Waals surface area contributed by atoms with Crippen molar-refractivity contribution < 1.29 is 184 Å². The van der Waals surface area contributed by atoms with E-state index in [0.717, 1.165) is 60.7 Å². The van der Waals surface area contributed by atoms with Gasteiger partial charge in [-0.3, -0.25) is 20.4 Å². The van der Waals surface area contributed by atoms with Crippen molar-refractivity contribution in [1.29, 1.82) is 0 Å². The number of benzene rings is 4. The number of hydrogen-bond acceptors (Lipinski definition) is 19. The number of ketones is 2. The first kappa shape index (κ1) is 55.7. The summed E-state index contributed by atoms with van der Waals surface area (Å²) in [5.74, 6) is -2.03. The molecule has 6 rings (SSSR count). The molecule has 0 radical (unpaired) electrons. The second-order valence-electron chi connectivity index (χ2n) is 11.9. The SMILES string of the molecule is O=C(Nc1ccc2c(c1)C=C(S(=O)(=O)[O-])C(=NNc1ccc(S(=O)(=O)[O-])cc1)C2=O)Nc1ccc2c(c1)C=C(S(=O)(=O)[O-])C(=NNc1ccc(S(=O)(=O)[O-])cc1)C2=O.[Na+].[Na+].[Na+].[Na+]. The van der Waals surface area contributed by atoms with Crippen LogP contribution in [0.15, 0.2) is 115 Å². The van der Waals surface area contributed by atoms with Gasteiger partial charge in [0.2, 0.25) is 11.6 Å². The van der Waals surface area contributed by atoms with E-state index < -0.39 is 89.1 Å². The molecule has 0 atom stereocenters. The van der Waals surface area contributed by atoms with Gasteiger partial charge in [-0.1, -0.05) is 0 Å². The average molecular weight is 961 g/mol. The van der Waals surface area contributed by atoms with Crippen molar-refractivity contribution in [3.8, 4) is 0 Å². The topological polar surface area (TPSA) is 353 Å². The number of urea groups is 1. The number of rotatable bonds is 10. The van der Waals surface area contributed by atoms with Crippen LogP contribution in [0.1, 0.15) is 31.8 Å². The molecule has 0 unspecified atom stereocenters. The number of hydrogen-bond donors (Lipinski definition) is 4. The van der Waals surface area contributed by atoms with Crippen molar-refractivity contribution >= 4 is 104 Å². The standard InChI is InChI=1S/C33H24N6O15S4.4Na/c40-31-25-11-5-21(13-17(25)15-27(57(49,50)51)29(31)38-36-19-1-7-23(8-2-19)55(43,44)45)34-33(42)35-22-6-12-26-18(14-22)16-28(58(52,53)54)30(32(26)41)39-37-20-3-9-24(10-4-20)56(46,47)48;;;;/h1-16,36-37H,(H2,34,35,42)(H,43,44,45)(H,46,47,48)(H,49,50,51)(H,52,53,54);;;;/q;4*+1/p-4. The van der Waals surface area contributed by atoms with Gasteiger partial charge in [0, 0.05) is 22.5 Å². The van der Waals surface area contributed by atoms with E-state index in [9.17, 15) is 66.3 Å². The van der Waals surface area contributed by atoms with Gasteiger partial charge in [0.05, 0.1) is 31.0 Å². The van der Waals surface area contributed by atoms with Gasteiger partial charge in [0.15, 0.2) is 0 Å². The minimum absolute atomic E-state index is 0. The van der Waals surface area contributed by atoms with Gasteiger partial charge < -0.3 is 28.8 Å². The van der Waals surface area contributed by atoms with Gasteiger partial charge in [-0.05, 0) is 108 Å². The van der Waals surface area contributed by atoms with E-state index in [0.29, 0.717) is 0 Å². The summed E-state index contributed by atoms with van der Waals surface area (Å²) >= 11 is 0. The van der Waals surface area contributed by atoms with Crippen molar-refractivity contribution in [1.82, 2.24) is 0 Å². The molecule has 2 amide bonds. The van der Waals surface area contributed by atoms with Crippen molar-refractivity contribution in [3.63, 3.8) is 0 Å². The molecule has 0 aromatic heterocycles. The van der Waals surface area contributed by atoms with Crippen LogP contribution in [0.3, 0.4) is 0 Å². The molecule has 0 spiro atoms. The fourth-order valence-electron chi connectivity index (χ4n) is 5.35. The van der Waals surface area contributed by atoms with Crippen molar-refractivity contribution in [3.05, 3.63) is 117 Å². The van der Waals surface area contributed by atoms with E-state index in [-0.39, 0.29) is 163 Å². The average Bonchev–Trinajstić information content (AvgIpc) is 3.12. The molecular weight excluding hydrogens is 941 g/mol. The van der Waals surface area contributed by atoms with Crippen molar-refractivity contribution in [2.75, 3.05) is 21.5 Å². The third-order valence-electron chi connectivity index (χ3n) is 8.00. The number of amides is 2. The van der Waals surface area contributed by atoms with E-state index >= 15 is 0 Å². The van der Waals surface area contributed by atoms with Crippen LogP contribution in [-0.4, -0.2) is 80.9 Å². The first-order valence-electron chi connectivity index (χ1n) is 15.6. The Balaban J connectivity index is 0.00000331. The molecule has 0 fully saturated rings. The molecule has 62 heavy (non-hydrogen) atoms. The Labute approximate surface area is 441 Å². The monoisotopic (exact) mass is 960 g/mol. The van der Waals surface area contributed by atoms with Crippen LogP contribution >= 0.6 is 0 Å². The number of carbonyl (C=O) groups excluding carboxylic acids is 3. The first-order valence-corrected chi connectivity index (χ1v) is 21.2. The number of nitrogens with one attached hydrogen (secondary N) is 4. The van der Waals surface area contributed by atoms with Gasteiger partial charge in [0.1, 0.15) is 51.9 Å². The molecule has 0 heterocycles. The maximum absolute atomic E-state index is 13.3. The fourth-order valence-corrected chi connectivity index (χ4v) is 7.58. The number of hydrazone groups is 2. The quantitative estimate of drug-likeness (QED) is 0.0651. The van der Waals surface area contributed by atoms with E-state index in [1.807, 2.05) is 0 Å². The van der Waals surface area contributed by atoms with Crippen LogP contribution in [0.2, 0.25) is 0 Å². The number of anilines is 4. The minimum Gasteiger partial charge on any atom is -0.744 e. The zero-order chi connectivity index (χ0) is 42.4. The van der Waals surface area contributed by atoms with Gasteiger partial charge in [-0.25, -0.2) is 38.5 Å². The predicted octanol–water partition coefficient (Wildman–Crippen LogP) is -9.74. The summed E-state index contributed by atoms with van der Waals surface area (Å²) in [5.41, 5.74) is 2.59. The molecule has 2 aliphatic carbocycles. The Hall–Kier alpha value is -2.45. The molecule has 0 saturated carbocycles. The zero-order valence-corrected chi connectivity index (χ0v) is 43.7. The Kier molecular flexibility index (Phi) is 19.5. The Morgan fingerprint density at radius 3 is 1.05 bits per heavy atom. The summed E-state index contributed by atoms with van der Waals surface area (Å²) in [6, 6.07) is 14.5. The number of carbonyl (C=O) groups is 3. The van der Waals surface area contributed by atoms with Gasteiger partial charge >= 0.3 is 124 Å². The van der Waals surface area contributed by atoms with Crippen LogP contribution in [0, 0.1) is 0 Å². The van der Waals surface area contributed by atoms with E-state index in [4.69, 9.17) is 0 Å². The van der Waals surface area contributed by atoms with Crippen molar-refractivity contribution in [2.45, 2.75) is 9.79 Å². The number of Topliss-reactive ketones (excluding diaryl/α,β-unsaturated/α-hetero) is 2. The molecule has 4 aromatic carbocycles. The largest absolute Gasteiger partial charge is 1.00 e. The summed E-state index contributed by atoms with van der Waals surface area (Å²) in [6.45, 7) is 0. The first-order chi connectivity index (χ1) is 27.0. The summed E-state index contributed by atoms with van der Waals surface area (Å²) in [4.78, 5) is 36.3. The maximum atomic E-state index is 13.3. The third-order valence-corrected chi connectivity index (χ3v) is 11.4. The molecule has 21 nitrogen and oxygen atoms in total. The summed E-state index contributed by atoms with van der Waals surface area (Å²) in [5, 5.41) is 12.3. The Bertz CT molecular complexity index is 2850. The second-order valence-corrected chi connectivity index (χ2v) is 17.3. The van der Waals surface area contributed by atoms with Crippen LogP contribution in [0.5, 0.6) is 0 Å². The maximum Gasteiger partial charge on any atom is 1.00 e. The van der Waals surface area contributed by atoms with E-state index in [2.05, 4.69) is 31.7 Å². The summed E-state index contributed by atoms with van der Waals surface area (Å²) < 4.78 is 140. The molecule has 0 aliphatic heterocycles. The second kappa shape index (κ2) is 21.7. The number of nitrogens with zero attached hydrogens (tertiary/aromatic N) is 2. The van der Waals surface area contributed by atoms with Crippen LogP contribution in [0.25, 0.3) is 12.2 Å². The normalized spacial score (nSPS) is 14.8. The molecule has 29 heteroatoms. The number of fused-ring (bicyclic) bond motifs is 2. The van der Waals surface area contributed by atoms with Gasteiger partial charge in [-0.15, -0.1) is 0 Å². The summed E-state index contributed by atoms with van der Waals surface area (Å²) in [7, 11) is -20.2. The molecule has 4 N–H and O–H groups in total. The van der Waals surface area contributed by atoms with Crippen LogP contribution < -0.4 is 140 Å². The molecular formula is C33H20N6Na4O15S4. The Morgan fingerprint density at radius 1 is 0.452 bits per heavy atom. The van der Waals surface area contributed by atoms with Crippen molar-refractivity contribution in [2.24, 2.45) is 10.2 Å². The fraction of sp³-hybridized carbons (Fsp3) is 0. The van der Waals surface area contributed by atoms with Gasteiger partial charge in [0.25, 0.3) is 0 Å². The zero-order valence-electron chi connectivity index (χ0n) is 32.4. The molecule has 2 aliphatic rings. The van der Waals surface area contributed by atoms with Crippen LogP contribution in [0.4, 0.5) is 27.5 Å². The molecule has 0 saturated heterocycles. The molecule has 300 valence electrons. The van der Waals surface area contributed by atoms with E-state index in [1.54, 1.807) is 0 Å². The Morgan fingerprint density at radius 2 is 0.758 bits per heavy atom. The molecule has 4 aromatic rings. The third kappa shape index (κ3) is 13.3. The van der Waals surface area contributed by atoms with E-state index in [1.165, 1.54) is 36.4 Å². The predicted molar refractivity (Wildman–Crippen MR) is 200 cm³/mol. The number of allylic oxidation sites excluding steroid dienone is 2. The minimum atomic E-state index is -5.33. The van der Waals surface area contributed by atoms with Crippen LogP contribution in [-0.2, 0) is 40.5 Å². The summed E-state index contributed by atoms with van der Waals surface area (Å²) in [6.07, 6.45) is 1.68. The molecule has 0 bridgehead atoms.